The van der Waals surface area contributed by atoms with Crippen LogP contribution >= 0.6 is 12.4 Å². The van der Waals surface area contributed by atoms with Gasteiger partial charge in [-0.15, -0.1) is 12.4 Å². The van der Waals surface area contributed by atoms with E-state index in [1.54, 1.807) is 0 Å². The molecule has 1 nitrogen and oxygen atoms in total. The highest BCUT2D eigenvalue weighted by Crippen LogP contribution is 2.09. The topological polar surface area (TPSA) is 12.0 Å². The molecule has 0 amide bonds. The predicted octanol–water partition coefficient (Wildman–Crippen LogP) is 1.52. The number of rotatable bonds is 0. The Balaban J connectivity index is 0.000000640. The molecule has 0 aliphatic carbocycles. The second-order valence-corrected chi connectivity index (χ2v) is 2.48. The third kappa shape index (κ3) is 3.01. The van der Waals surface area contributed by atoms with Gasteiger partial charge in [0.15, 0.2) is 0 Å². The molecule has 0 aromatic rings. The predicted molar refractivity (Wildman–Crippen MR) is 38.8 cm³/mol. The van der Waals surface area contributed by atoms with Crippen molar-refractivity contribution in [3.8, 4) is 0 Å². The van der Waals surface area contributed by atoms with Gasteiger partial charge in [-0.25, -0.2) is 4.39 Å². The molecule has 1 aliphatic heterocycles. The van der Waals surface area contributed by atoms with Gasteiger partial charge >= 0.3 is 0 Å². The molecule has 0 aromatic heterocycles. The minimum atomic E-state index is -0.591. The minimum absolute atomic E-state index is 0. The van der Waals surface area contributed by atoms with Crippen molar-refractivity contribution in [3.63, 3.8) is 0 Å². The van der Waals surface area contributed by atoms with E-state index in [0.29, 0.717) is 12.6 Å². The molecule has 9 heavy (non-hydrogen) atoms. The molecule has 1 rings (SSSR count). The fourth-order valence-electron chi connectivity index (χ4n) is 0.964. The third-order valence-electron chi connectivity index (χ3n) is 1.60. The van der Waals surface area contributed by atoms with Gasteiger partial charge in [-0.1, -0.05) is 0 Å². The van der Waals surface area contributed by atoms with E-state index in [4.69, 9.17) is 0 Å². The molecule has 0 bridgehead atoms. The van der Waals surface area contributed by atoms with Crippen LogP contribution in [0.3, 0.4) is 0 Å². The Morgan fingerprint density at radius 1 is 1.44 bits per heavy atom. The van der Waals surface area contributed by atoms with Crippen molar-refractivity contribution in [1.29, 1.82) is 0 Å². The Morgan fingerprint density at radius 3 is 2.44 bits per heavy atom. The van der Waals surface area contributed by atoms with Crippen LogP contribution in [0, 0.1) is 0 Å². The highest BCUT2D eigenvalue weighted by Gasteiger charge is 2.15. The zero-order valence-corrected chi connectivity index (χ0v) is 6.38. The highest BCUT2D eigenvalue weighted by molar-refractivity contribution is 5.85. The smallest absolute Gasteiger partial charge is 0.113 e. The lowest BCUT2D eigenvalue weighted by Crippen LogP contribution is -2.37. The van der Waals surface area contributed by atoms with Crippen LogP contribution in [0.5, 0.6) is 0 Å². The van der Waals surface area contributed by atoms with Gasteiger partial charge in [0.05, 0.1) is 0 Å². The Hall–Kier alpha value is 0.180. The fourth-order valence-corrected chi connectivity index (χ4v) is 0.964. The van der Waals surface area contributed by atoms with Crippen LogP contribution in [-0.2, 0) is 0 Å². The summed E-state index contributed by atoms with van der Waals surface area (Å²) in [4.78, 5) is 0. The van der Waals surface area contributed by atoms with Crippen molar-refractivity contribution in [2.45, 2.75) is 32.0 Å². The van der Waals surface area contributed by atoms with Gasteiger partial charge < -0.3 is 5.32 Å². The SMILES string of the molecule is C[C@H]1CC[C@@H](F)CN1.Cl. The average molecular weight is 154 g/mol. The molecule has 0 saturated carbocycles. The summed E-state index contributed by atoms with van der Waals surface area (Å²) >= 11 is 0. The summed E-state index contributed by atoms with van der Waals surface area (Å²) in [6.07, 6.45) is 1.14. The van der Waals surface area contributed by atoms with Gasteiger partial charge in [-0.05, 0) is 19.8 Å². The molecular formula is C6H13ClFN. The maximum absolute atomic E-state index is 12.3. The highest BCUT2D eigenvalue weighted by atomic mass is 35.5. The van der Waals surface area contributed by atoms with Crippen LogP contribution in [0.25, 0.3) is 0 Å². The number of hydrogen-bond acceptors (Lipinski definition) is 1. The molecule has 1 heterocycles. The summed E-state index contributed by atoms with van der Waals surface area (Å²) in [6.45, 7) is 2.65. The first kappa shape index (κ1) is 9.18. The number of alkyl halides is 1. The normalized spacial score (nSPS) is 35.3. The second-order valence-electron chi connectivity index (χ2n) is 2.48. The quantitative estimate of drug-likeness (QED) is 0.557. The Labute approximate surface area is 61.4 Å². The molecule has 3 heteroatoms. The molecule has 2 atom stereocenters. The van der Waals surface area contributed by atoms with Crippen molar-refractivity contribution in [1.82, 2.24) is 5.32 Å². The average Bonchev–Trinajstić information content (AvgIpc) is 1.77. The monoisotopic (exact) mass is 153 g/mol. The summed E-state index contributed by atoms with van der Waals surface area (Å²) < 4.78 is 12.3. The maximum Gasteiger partial charge on any atom is 0.113 e. The van der Waals surface area contributed by atoms with Gasteiger partial charge in [0.25, 0.3) is 0 Å². The molecule has 56 valence electrons. The molecule has 0 radical (unpaired) electrons. The summed E-state index contributed by atoms with van der Waals surface area (Å²) in [5, 5.41) is 3.06. The van der Waals surface area contributed by atoms with Crippen molar-refractivity contribution >= 4 is 12.4 Å². The Bertz CT molecular complexity index is 61.5. The van der Waals surface area contributed by atoms with Crippen LogP contribution in [0.1, 0.15) is 19.8 Å². The van der Waals surface area contributed by atoms with Crippen molar-refractivity contribution in [2.24, 2.45) is 0 Å². The van der Waals surface area contributed by atoms with Crippen LogP contribution in [-0.4, -0.2) is 18.8 Å². The molecule has 0 aromatic carbocycles. The minimum Gasteiger partial charge on any atom is -0.311 e. The fraction of sp³-hybridized carbons (Fsp3) is 1.00. The van der Waals surface area contributed by atoms with Crippen LogP contribution < -0.4 is 5.32 Å². The summed E-state index contributed by atoms with van der Waals surface area (Å²) in [5.41, 5.74) is 0. The summed E-state index contributed by atoms with van der Waals surface area (Å²) in [6, 6.07) is 0.530. The van der Waals surface area contributed by atoms with Gasteiger partial charge in [-0.2, -0.15) is 0 Å². The van der Waals surface area contributed by atoms with E-state index >= 15 is 0 Å². The molecule has 1 fully saturated rings. The van der Waals surface area contributed by atoms with Gasteiger partial charge in [0.2, 0.25) is 0 Å². The van der Waals surface area contributed by atoms with Crippen LogP contribution in [0.15, 0.2) is 0 Å². The third-order valence-corrected chi connectivity index (χ3v) is 1.60. The molecule has 1 saturated heterocycles. The lowest BCUT2D eigenvalue weighted by molar-refractivity contribution is 0.239. The van der Waals surface area contributed by atoms with Crippen molar-refractivity contribution in [2.75, 3.05) is 6.54 Å². The van der Waals surface area contributed by atoms with Crippen molar-refractivity contribution in [3.05, 3.63) is 0 Å². The van der Waals surface area contributed by atoms with E-state index in [-0.39, 0.29) is 12.4 Å². The van der Waals surface area contributed by atoms with E-state index < -0.39 is 6.17 Å². The molecule has 0 spiro atoms. The molecule has 0 unspecified atom stereocenters. The van der Waals surface area contributed by atoms with Crippen molar-refractivity contribution < 1.29 is 4.39 Å². The molecule has 1 aliphatic rings. The maximum atomic E-state index is 12.3. The van der Waals surface area contributed by atoms with Gasteiger partial charge in [-0.3, -0.25) is 0 Å². The van der Waals surface area contributed by atoms with E-state index in [2.05, 4.69) is 12.2 Å². The standard InChI is InChI=1S/C6H12FN.ClH/c1-5-2-3-6(7)4-8-5;/h5-6,8H,2-4H2,1H3;1H/t5-,6+;/m0./s1. The van der Waals surface area contributed by atoms with E-state index in [1.807, 2.05) is 0 Å². The van der Waals surface area contributed by atoms with E-state index in [9.17, 15) is 4.39 Å². The summed E-state index contributed by atoms with van der Waals surface area (Å²) in [7, 11) is 0. The number of piperidine rings is 1. The Morgan fingerprint density at radius 2 is 2.11 bits per heavy atom. The molecule has 1 N–H and O–H groups in total. The van der Waals surface area contributed by atoms with Crippen LogP contribution in [0.4, 0.5) is 4.39 Å². The number of hydrogen-bond donors (Lipinski definition) is 1. The van der Waals surface area contributed by atoms with Crippen LogP contribution in [0.2, 0.25) is 0 Å². The lowest BCUT2D eigenvalue weighted by atomic mass is 10.1. The summed E-state index contributed by atoms with van der Waals surface area (Å²) in [5.74, 6) is 0. The first-order valence-corrected chi connectivity index (χ1v) is 3.16. The largest absolute Gasteiger partial charge is 0.311 e. The zero-order valence-electron chi connectivity index (χ0n) is 5.56. The zero-order chi connectivity index (χ0) is 5.98. The van der Waals surface area contributed by atoms with E-state index in [1.165, 1.54) is 0 Å². The first-order chi connectivity index (χ1) is 3.79. The number of halogens is 2. The van der Waals surface area contributed by atoms with Gasteiger partial charge in [0, 0.05) is 12.6 Å². The van der Waals surface area contributed by atoms with E-state index in [0.717, 1.165) is 12.8 Å². The first-order valence-electron chi connectivity index (χ1n) is 3.16. The molecular weight excluding hydrogens is 141 g/mol. The number of nitrogens with one attached hydrogen (secondary N) is 1. The lowest BCUT2D eigenvalue weighted by Gasteiger charge is -2.21. The second kappa shape index (κ2) is 4.07. The Kier molecular flexibility index (Phi) is 4.15. The van der Waals surface area contributed by atoms with Gasteiger partial charge in [0.1, 0.15) is 6.17 Å².